The van der Waals surface area contributed by atoms with Gasteiger partial charge in [-0.3, -0.25) is 0 Å². The van der Waals surface area contributed by atoms with Crippen molar-refractivity contribution in [2.24, 2.45) is 0 Å². The molecule has 1 unspecified atom stereocenters. The average molecular weight is 248 g/mol. The van der Waals surface area contributed by atoms with Crippen LogP contribution < -0.4 is 5.73 Å². The van der Waals surface area contributed by atoms with Crippen LogP contribution >= 0.6 is 23.4 Å². The van der Waals surface area contributed by atoms with Crippen molar-refractivity contribution in [3.05, 3.63) is 28.8 Å². The monoisotopic (exact) mass is 247 g/mol. The lowest BCUT2D eigenvalue weighted by Gasteiger charge is -2.08. The third kappa shape index (κ3) is 4.30. The number of benzene rings is 1. The van der Waals surface area contributed by atoms with E-state index in [1.165, 1.54) is 11.8 Å². The number of hydrogen-bond donors (Lipinski definition) is 3. The van der Waals surface area contributed by atoms with Crippen molar-refractivity contribution >= 4 is 29.1 Å². The number of anilines is 1. The molecule has 1 aromatic carbocycles. The van der Waals surface area contributed by atoms with E-state index in [1.54, 1.807) is 12.1 Å². The molecule has 0 aliphatic rings. The van der Waals surface area contributed by atoms with Gasteiger partial charge < -0.3 is 15.9 Å². The standard InChI is InChI=1S/C10H14ClNO2S/c11-10-3-8(12)2-1-7(10)5-15-6-9(14)4-13/h1-3,9,13-14H,4-6,12H2. The summed E-state index contributed by atoms with van der Waals surface area (Å²) in [5.41, 5.74) is 7.19. The van der Waals surface area contributed by atoms with Gasteiger partial charge >= 0.3 is 0 Å². The third-order valence-corrected chi connectivity index (χ3v) is 3.34. The summed E-state index contributed by atoms with van der Waals surface area (Å²) in [4.78, 5) is 0. The molecule has 1 aromatic rings. The molecule has 0 heterocycles. The van der Waals surface area contributed by atoms with Gasteiger partial charge in [0, 0.05) is 22.2 Å². The predicted octanol–water partition coefficient (Wildman–Crippen LogP) is 1.51. The van der Waals surface area contributed by atoms with Crippen LogP contribution in [-0.2, 0) is 5.75 Å². The van der Waals surface area contributed by atoms with E-state index in [1.807, 2.05) is 6.07 Å². The van der Waals surface area contributed by atoms with E-state index in [-0.39, 0.29) is 6.61 Å². The van der Waals surface area contributed by atoms with Crippen LogP contribution in [0.15, 0.2) is 18.2 Å². The normalized spacial score (nSPS) is 12.7. The van der Waals surface area contributed by atoms with Crippen LogP contribution in [0.1, 0.15) is 5.56 Å². The van der Waals surface area contributed by atoms with Crippen LogP contribution in [-0.4, -0.2) is 28.7 Å². The van der Waals surface area contributed by atoms with Crippen LogP contribution in [0.5, 0.6) is 0 Å². The first-order valence-corrected chi connectivity index (χ1v) is 6.07. The van der Waals surface area contributed by atoms with Crippen LogP contribution in [0.3, 0.4) is 0 Å². The molecule has 15 heavy (non-hydrogen) atoms. The largest absolute Gasteiger partial charge is 0.399 e. The Morgan fingerprint density at radius 2 is 2.20 bits per heavy atom. The molecule has 0 bridgehead atoms. The summed E-state index contributed by atoms with van der Waals surface area (Å²) in [7, 11) is 0. The summed E-state index contributed by atoms with van der Waals surface area (Å²) in [5, 5.41) is 18.4. The van der Waals surface area contributed by atoms with Gasteiger partial charge in [0.05, 0.1) is 12.7 Å². The van der Waals surface area contributed by atoms with E-state index in [0.717, 1.165) is 5.56 Å². The van der Waals surface area contributed by atoms with Crippen LogP contribution in [0.25, 0.3) is 0 Å². The number of nitrogens with two attached hydrogens (primary N) is 1. The zero-order valence-corrected chi connectivity index (χ0v) is 9.76. The highest BCUT2D eigenvalue weighted by atomic mass is 35.5. The maximum absolute atomic E-state index is 9.13. The Morgan fingerprint density at radius 1 is 1.47 bits per heavy atom. The lowest BCUT2D eigenvalue weighted by Crippen LogP contribution is -2.14. The number of aliphatic hydroxyl groups excluding tert-OH is 2. The highest BCUT2D eigenvalue weighted by Gasteiger charge is 2.04. The fraction of sp³-hybridized carbons (Fsp3) is 0.400. The second-order valence-electron chi connectivity index (χ2n) is 3.20. The van der Waals surface area contributed by atoms with Gasteiger partial charge in [-0.05, 0) is 17.7 Å². The van der Waals surface area contributed by atoms with Gasteiger partial charge in [-0.25, -0.2) is 0 Å². The highest BCUT2D eigenvalue weighted by molar-refractivity contribution is 7.98. The lowest BCUT2D eigenvalue weighted by molar-refractivity contribution is 0.113. The maximum Gasteiger partial charge on any atom is 0.0861 e. The molecule has 0 spiro atoms. The number of nitrogen functional groups attached to an aromatic ring is 1. The van der Waals surface area contributed by atoms with Crippen molar-refractivity contribution in [1.82, 2.24) is 0 Å². The second kappa shape index (κ2) is 6.23. The smallest absolute Gasteiger partial charge is 0.0861 e. The molecule has 1 rings (SSSR count). The fourth-order valence-corrected chi connectivity index (χ4v) is 2.34. The van der Waals surface area contributed by atoms with Gasteiger partial charge in [0.15, 0.2) is 0 Å². The quantitative estimate of drug-likeness (QED) is 0.690. The molecule has 84 valence electrons. The third-order valence-electron chi connectivity index (χ3n) is 1.86. The first kappa shape index (κ1) is 12.6. The summed E-state index contributed by atoms with van der Waals surface area (Å²) >= 11 is 7.50. The Hall–Kier alpha value is -0.420. The Bertz CT molecular complexity index is 322. The fourth-order valence-electron chi connectivity index (χ4n) is 1.04. The highest BCUT2D eigenvalue weighted by Crippen LogP contribution is 2.23. The van der Waals surface area contributed by atoms with E-state index < -0.39 is 6.10 Å². The van der Waals surface area contributed by atoms with Crippen molar-refractivity contribution in [1.29, 1.82) is 0 Å². The molecular formula is C10H14ClNO2S. The van der Waals surface area contributed by atoms with E-state index in [2.05, 4.69) is 0 Å². The van der Waals surface area contributed by atoms with Gasteiger partial charge in [0.25, 0.3) is 0 Å². The first-order valence-electron chi connectivity index (χ1n) is 4.54. The molecule has 0 aliphatic carbocycles. The zero-order chi connectivity index (χ0) is 11.3. The Morgan fingerprint density at radius 3 is 2.80 bits per heavy atom. The van der Waals surface area contributed by atoms with Gasteiger partial charge in [-0.1, -0.05) is 17.7 Å². The summed E-state index contributed by atoms with van der Waals surface area (Å²) in [6, 6.07) is 5.38. The second-order valence-corrected chi connectivity index (χ2v) is 4.64. The van der Waals surface area contributed by atoms with E-state index >= 15 is 0 Å². The van der Waals surface area contributed by atoms with Crippen molar-refractivity contribution < 1.29 is 10.2 Å². The summed E-state index contributed by atoms with van der Waals surface area (Å²) < 4.78 is 0. The molecule has 0 aromatic heterocycles. The molecule has 0 saturated heterocycles. The minimum Gasteiger partial charge on any atom is -0.399 e. The minimum absolute atomic E-state index is 0.206. The van der Waals surface area contributed by atoms with Gasteiger partial charge in [0.1, 0.15) is 0 Å². The van der Waals surface area contributed by atoms with Crippen LogP contribution in [0.2, 0.25) is 5.02 Å². The molecule has 0 radical (unpaired) electrons. The van der Waals surface area contributed by atoms with Gasteiger partial charge in [-0.15, -0.1) is 0 Å². The van der Waals surface area contributed by atoms with Crippen molar-refractivity contribution in [3.8, 4) is 0 Å². The maximum atomic E-state index is 9.13. The summed E-state index contributed by atoms with van der Waals surface area (Å²) in [5.74, 6) is 1.20. The average Bonchev–Trinajstić information content (AvgIpc) is 2.21. The molecule has 3 nitrogen and oxygen atoms in total. The number of hydrogen-bond acceptors (Lipinski definition) is 4. The number of halogens is 1. The summed E-state index contributed by atoms with van der Waals surface area (Å²) in [6.07, 6.45) is -0.664. The molecule has 1 atom stereocenters. The molecule has 0 fully saturated rings. The topological polar surface area (TPSA) is 66.5 Å². The minimum atomic E-state index is -0.664. The molecule has 4 N–H and O–H groups in total. The van der Waals surface area contributed by atoms with E-state index in [4.69, 9.17) is 27.5 Å². The molecule has 5 heteroatoms. The van der Waals surface area contributed by atoms with Crippen molar-refractivity contribution in [2.75, 3.05) is 18.1 Å². The Balaban J connectivity index is 2.44. The SMILES string of the molecule is Nc1ccc(CSCC(O)CO)c(Cl)c1. The molecule has 0 aliphatic heterocycles. The van der Waals surface area contributed by atoms with E-state index in [9.17, 15) is 0 Å². The predicted molar refractivity (Wildman–Crippen MR) is 65.1 cm³/mol. The molecule has 0 amide bonds. The lowest BCUT2D eigenvalue weighted by atomic mass is 10.2. The molecular weight excluding hydrogens is 234 g/mol. The number of thioether (sulfide) groups is 1. The van der Waals surface area contributed by atoms with Gasteiger partial charge in [0.2, 0.25) is 0 Å². The summed E-state index contributed by atoms with van der Waals surface area (Å²) in [6.45, 7) is -0.206. The molecule has 0 saturated carbocycles. The Kier molecular flexibility index (Phi) is 5.25. The van der Waals surface area contributed by atoms with Crippen molar-refractivity contribution in [3.63, 3.8) is 0 Å². The van der Waals surface area contributed by atoms with Crippen molar-refractivity contribution in [2.45, 2.75) is 11.9 Å². The van der Waals surface area contributed by atoms with Gasteiger partial charge in [-0.2, -0.15) is 11.8 Å². The van der Waals surface area contributed by atoms with Crippen LogP contribution in [0.4, 0.5) is 5.69 Å². The number of aliphatic hydroxyl groups is 2. The Labute approximate surface area is 98.2 Å². The van der Waals surface area contributed by atoms with E-state index in [0.29, 0.717) is 22.2 Å². The zero-order valence-electron chi connectivity index (χ0n) is 8.19. The van der Waals surface area contributed by atoms with Crippen LogP contribution in [0, 0.1) is 0 Å². The first-order chi connectivity index (χ1) is 7.13. The number of rotatable bonds is 5.